The standard InChI is InChI=1S/C15H19N5/c1-5-11-14(16)15(19(4)18-11)20-8-17-12-6-9(2)10(3)7-13(12)20/h6-8H,5,16H2,1-4H3. The van der Waals surface area contributed by atoms with Gasteiger partial charge < -0.3 is 5.73 Å². The van der Waals surface area contributed by atoms with Gasteiger partial charge in [-0.1, -0.05) is 6.92 Å². The molecule has 3 rings (SSSR count). The Balaban J connectivity index is 2.30. The van der Waals surface area contributed by atoms with Crippen LogP contribution in [-0.2, 0) is 13.5 Å². The van der Waals surface area contributed by atoms with Gasteiger partial charge in [0.25, 0.3) is 0 Å². The monoisotopic (exact) mass is 269 g/mol. The number of aromatic nitrogens is 4. The number of hydrogen-bond donors (Lipinski definition) is 1. The van der Waals surface area contributed by atoms with Crippen LogP contribution in [0.4, 0.5) is 5.69 Å². The largest absolute Gasteiger partial charge is 0.394 e. The fourth-order valence-electron chi connectivity index (χ4n) is 2.57. The summed E-state index contributed by atoms with van der Waals surface area (Å²) in [5.74, 6) is 0.882. The third-order valence-corrected chi connectivity index (χ3v) is 3.85. The molecule has 0 radical (unpaired) electrons. The zero-order chi connectivity index (χ0) is 14.4. The van der Waals surface area contributed by atoms with Gasteiger partial charge in [0.1, 0.15) is 6.33 Å². The normalized spacial score (nSPS) is 11.4. The Morgan fingerprint density at radius 3 is 2.55 bits per heavy atom. The number of rotatable bonds is 2. The number of nitrogens with zero attached hydrogens (tertiary/aromatic N) is 4. The number of nitrogen functional groups attached to an aromatic ring is 1. The summed E-state index contributed by atoms with van der Waals surface area (Å²) < 4.78 is 3.84. The quantitative estimate of drug-likeness (QED) is 0.777. The number of aryl methyl sites for hydroxylation is 4. The maximum absolute atomic E-state index is 6.23. The summed E-state index contributed by atoms with van der Waals surface area (Å²) >= 11 is 0. The number of imidazole rings is 1. The van der Waals surface area contributed by atoms with Crippen molar-refractivity contribution >= 4 is 16.7 Å². The molecule has 1 aromatic carbocycles. The highest BCUT2D eigenvalue weighted by atomic mass is 15.3. The first-order valence-electron chi connectivity index (χ1n) is 6.79. The second kappa shape index (κ2) is 4.37. The second-order valence-corrected chi connectivity index (χ2v) is 5.20. The highest BCUT2D eigenvalue weighted by molar-refractivity contribution is 5.80. The van der Waals surface area contributed by atoms with Crippen LogP contribution >= 0.6 is 0 Å². The lowest BCUT2D eigenvalue weighted by Crippen LogP contribution is -2.04. The van der Waals surface area contributed by atoms with E-state index in [1.165, 1.54) is 11.1 Å². The van der Waals surface area contributed by atoms with Crippen molar-refractivity contribution in [3.63, 3.8) is 0 Å². The van der Waals surface area contributed by atoms with Crippen molar-refractivity contribution < 1.29 is 0 Å². The van der Waals surface area contributed by atoms with E-state index in [1.807, 2.05) is 22.6 Å². The highest BCUT2D eigenvalue weighted by Crippen LogP contribution is 2.26. The van der Waals surface area contributed by atoms with Gasteiger partial charge in [-0.25, -0.2) is 9.67 Å². The first-order valence-corrected chi connectivity index (χ1v) is 6.79. The molecule has 0 saturated heterocycles. The van der Waals surface area contributed by atoms with Crippen molar-refractivity contribution in [1.29, 1.82) is 0 Å². The van der Waals surface area contributed by atoms with Gasteiger partial charge in [-0.05, 0) is 43.5 Å². The van der Waals surface area contributed by atoms with Gasteiger partial charge in [-0.2, -0.15) is 5.10 Å². The van der Waals surface area contributed by atoms with E-state index >= 15 is 0 Å². The predicted octanol–water partition coefficient (Wildman–Crippen LogP) is 2.52. The van der Waals surface area contributed by atoms with E-state index < -0.39 is 0 Å². The molecular formula is C15H19N5. The molecule has 3 aromatic rings. The van der Waals surface area contributed by atoms with Gasteiger partial charge in [0.2, 0.25) is 0 Å². The molecule has 0 aliphatic heterocycles. The van der Waals surface area contributed by atoms with E-state index in [0.717, 1.165) is 34.7 Å². The molecule has 5 heteroatoms. The van der Waals surface area contributed by atoms with Gasteiger partial charge in [-0.15, -0.1) is 0 Å². The van der Waals surface area contributed by atoms with E-state index in [4.69, 9.17) is 5.73 Å². The summed E-state index contributed by atoms with van der Waals surface area (Å²) in [6, 6.07) is 4.25. The Morgan fingerprint density at radius 2 is 1.90 bits per heavy atom. The summed E-state index contributed by atoms with van der Waals surface area (Å²) in [7, 11) is 1.91. The molecule has 2 N–H and O–H groups in total. The summed E-state index contributed by atoms with van der Waals surface area (Å²) in [6.45, 7) is 6.26. The third-order valence-electron chi connectivity index (χ3n) is 3.85. The molecule has 2 aromatic heterocycles. The molecule has 20 heavy (non-hydrogen) atoms. The average Bonchev–Trinajstić information content (AvgIpc) is 2.91. The first-order chi connectivity index (χ1) is 9.52. The van der Waals surface area contributed by atoms with Crippen LogP contribution in [0.2, 0.25) is 0 Å². The number of benzene rings is 1. The van der Waals surface area contributed by atoms with Crippen molar-refractivity contribution in [2.45, 2.75) is 27.2 Å². The summed E-state index contributed by atoms with van der Waals surface area (Å²) in [6.07, 6.45) is 2.64. The summed E-state index contributed by atoms with van der Waals surface area (Å²) in [5, 5.41) is 4.47. The van der Waals surface area contributed by atoms with E-state index in [9.17, 15) is 0 Å². The smallest absolute Gasteiger partial charge is 0.160 e. The molecule has 0 saturated carbocycles. The lowest BCUT2D eigenvalue weighted by Gasteiger charge is -2.07. The maximum Gasteiger partial charge on any atom is 0.160 e. The number of anilines is 1. The molecule has 0 amide bonds. The van der Waals surface area contributed by atoms with Gasteiger partial charge in [-0.3, -0.25) is 4.57 Å². The molecule has 0 fully saturated rings. The SMILES string of the molecule is CCc1nn(C)c(-n2cnc3cc(C)c(C)cc32)c1N. The number of nitrogens with two attached hydrogens (primary N) is 1. The van der Waals surface area contributed by atoms with Crippen LogP contribution in [0, 0.1) is 13.8 Å². The van der Waals surface area contributed by atoms with Crippen LogP contribution in [0.3, 0.4) is 0 Å². The minimum Gasteiger partial charge on any atom is -0.394 e. The Hall–Kier alpha value is -2.30. The molecule has 0 bridgehead atoms. The molecule has 104 valence electrons. The van der Waals surface area contributed by atoms with Crippen molar-refractivity contribution in [2.24, 2.45) is 7.05 Å². The lowest BCUT2D eigenvalue weighted by atomic mass is 10.1. The maximum atomic E-state index is 6.23. The van der Waals surface area contributed by atoms with Crippen LogP contribution in [-0.4, -0.2) is 19.3 Å². The molecule has 2 heterocycles. The molecule has 5 nitrogen and oxygen atoms in total. The number of fused-ring (bicyclic) bond motifs is 1. The second-order valence-electron chi connectivity index (χ2n) is 5.20. The van der Waals surface area contributed by atoms with Crippen LogP contribution < -0.4 is 5.73 Å². The highest BCUT2D eigenvalue weighted by Gasteiger charge is 2.16. The average molecular weight is 269 g/mol. The van der Waals surface area contributed by atoms with Crippen molar-refractivity contribution in [3.05, 3.63) is 35.3 Å². The molecule has 0 aliphatic carbocycles. The van der Waals surface area contributed by atoms with E-state index in [1.54, 1.807) is 0 Å². The minimum absolute atomic E-state index is 0.729. The molecule has 0 spiro atoms. The third kappa shape index (κ3) is 1.70. The molecule has 0 aliphatic rings. The van der Waals surface area contributed by atoms with Crippen molar-refractivity contribution in [2.75, 3.05) is 5.73 Å². The Labute approximate surface area is 118 Å². The molecular weight excluding hydrogens is 250 g/mol. The van der Waals surface area contributed by atoms with E-state index in [0.29, 0.717) is 0 Å². The summed E-state index contributed by atoms with van der Waals surface area (Å²) in [4.78, 5) is 4.48. The van der Waals surface area contributed by atoms with Gasteiger partial charge in [0.05, 0.1) is 22.4 Å². The predicted molar refractivity (Wildman–Crippen MR) is 81.1 cm³/mol. The molecule has 0 atom stereocenters. The lowest BCUT2D eigenvalue weighted by molar-refractivity contribution is 0.719. The van der Waals surface area contributed by atoms with Gasteiger partial charge in [0, 0.05) is 7.05 Å². The zero-order valence-corrected chi connectivity index (χ0v) is 12.3. The van der Waals surface area contributed by atoms with Crippen LogP contribution in [0.25, 0.3) is 16.9 Å². The van der Waals surface area contributed by atoms with Crippen molar-refractivity contribution in [3.8, 4) is 5.82 Å². The van der Waals surface area contributed by atoms with Crippen LogP contribution in [0.5, 0.6) is 0 Å². The van der Waals surface area contributed by atoms with Crippen LogP contribution in [0.1, 0.15) is 23.7 Å². The Morgan fingerprint density at radius 1 is 1.20 bits per heavy atom. The van der Waals surface area contributed by atoms with Gasteiger partial charge in [0.15, 0.2) is 5.82 Å². The first kappa shape index (κ1) is 12.7. The molecule has 0 unspecified atom stereocenters. The Bertz CT molecular complexity index is 794. The fraction of sp³-hybridized carbons (Fsp3) is 0.333. The summed E-state index contributed by atoms with van der Waals surface area (Å²) in [5.41, 5.74) is 12.4. The fourth-order valence-corrected chi connectivity index (χ4v) is 2.57. The number of hydrogen-bond acceptors (Lipinski definition) is 3. The zero-order valence-electron chi connectivity index (χ0n) is 12.3. The van der Waals surface area contributed by atoms with Crippen LogP contribution in [0.15, 0.2) is 18.5 Å². The van der Waals surface area contributed by atoms with E-state index in [2.05, 4.69) is 43.0 Å². The van der Waals surface area contributed by atoms with Crippen molar-refractivity contribution in [1.82, 2.24) is 19.3 Å². The van der Waals surface area contributed by atoms with E-state index in [-0.39, 0.29) is 0 Å². The topological polar surface area (TPSA) is 61.7 Å². The Kier molecular flexibility index (Phi) is 2.78. The van der Waals surface area contributed by atoms with Gasteiger partial charge >= 0.3 is 0 Å². The minimum atomic E-state index is 0.729.